The van der Waals surface area contributed by atoms with E-state index in [0.717, 1.165) is 78.0 Å². The molecule has 0 radical (unpaired) electrons. The zero-order valence-electron chi connectivity index (χ0n) is 52.2. The SMILES string of the molecule is CC(C)(C)c1cc2c3cc(N(c4ccc5c(c4)C(C)(C)c4ccccc4-5)c4ccc5c(c4)oc4ccc6ccccc6c45)ccc3n3c4sc5cc(N(c6ccc7c(c6)C(C)(C)c6ccccc6-7)c6ccc7c(c6)oc6ccc8ccccc8c67)ccc5c4c(c1)c23. The molecule has 0 fully saturated rings. The Kier molecular flexibility index (Phi) is 10.2. The van der Waals surface area contributed by atoms with E-state index >= 15 is 0 Å². The van der Waals surface area contributed by atoms with Gasteiger partial charge in [0.05, 0.1) is 11.0 Å². The third-order valence-corrected chi connectivity index (χ3v) is 22.3. The Hall–Kier alpha value is -10.7. The molecule has 0 saturated carbocycles. The minimum atomic E-state index is -0.182. The van der Waals surface area contributed by atoms with Gasteiger partial charge in [-0.25, -0.2) is 0 Å². The Labute approximate surface area is 535 Å². The first-order valence-corrected chi connectivity index (χ1v) is 33.0. The lowest BCUT2D eigenvalue weighted by atomic mass is 9.82. The van der Waals surface area contributed by atoms with E-state index in [1.807, 2.05) is 11.3 Å². The van der Waals surface area contributed by atoms with Crippen molar-refractivity contribution in [2.24, 2.45) is 0 Å². The Morgan fingerprint density at radius 2 is 0.804 bits per heavy atom. The molecule has 2 aliphatic rings. The fourth-order valence-corrected chi connectivity index (χ4v) is 17.9. The summed E-state index contributed by atoms with van der Waals surface area (Å²) in [5.41, 5.74) is 23.9. The van der Waals surface area contributed by atoms with Gasteiger partial charge in [0.25, 0.3) is 0 Å². The van der Waals surface area contributed by atoms with Crippen LogP contribution in [0.2, 0.25) is 0 Å². The summed E-state index contributed by atoms with van der Waals surface area (Å²) in [6.07, 6.45) is 0. The fourth-order valence-electron chi connectivity index (χ4n) is 16.6. The van der Waals surface area contributed by atoms with E-state index < -0.39 is 0 Å². The number of thiophene rings is 1. The van der Waals surface area contributed by atoms with Gasteiger partial charge in [-0.3, -0.25) is 4.40 Å². The van der Waals surface area contributed by atoms with Gasteiger partial charge in [-0.2, -0.15) is 0 Å². The summed E-state index contributed by atoms with van der Waals surface area (Å²) >= 11 is 1.90. The van der Waals surface area contributed by atoms with Crippen LogP contribution in [0.25, 0.3) is 135 Å². The lowest BCUT2D eigenvalue weighted by molar-refractivity contribution is 0.592. The Morgan fingerprint density at radius 1 is 0.348 bits per heavy atom. The van der Waals surface area contributed by atoms with Crippen molar-refractivity contribution in [1.82, 2.24) is 4.40 Å². The number of furan rings is 2. The average molecular weight is 1200 g/mol. The molecule has 0 bridgehead atoms. The zero-order valence-corrected chi connectivity index (χ0v) is 53.0. The van der Waals surface area contributed by atoms with Crippen LogP contribution < -0.4 is 9.80 Å². The number of fused-ring (bicyclic) bond motifs is 24. The number of hydrogen-bond acceptors (Lipinski definition) is 5. The highest BCUT2D eigenvalue weighted by Gasteiger charge is 2.38. The van der Waals surface area contributed by atoms with Crippen molar-refractivity contribution in [2.75, 3.05) is 9.80 Å². The van der Waals surface area contributed by atoms with Gasteiger partial charge in [-0.1, -0.05) is 176 Å². The van der Waals surface area contributed by atoms with Gasteiger partial charge in [-0.05, 0) is 180 Å². The fraction of sp³-hybridized carbons (Fsp3) is 0.116. The van der Waals surface area contributed by atoms with E-state index in [1.165, 1.54) is 119 Å². The van der Waals surface area contributed by atoms with Crippen molar-refractivity contribution in [2.45, 2.75) is 64.7 Å². The third kappa shape index (κ3) is 7.02. The van der Waals surface area contributed by atoms with Crippen molar-refractivity contribution in [3.05, 3.63) is 270 Å². The molecule has 0 saturated heterocycles. The summed E-state index contributed by atoms with van der Waals surface area (Å²) in [6, 6.07) is 90.9. The van der Waals surface area contributed by atoms with E-state index in [1.54, 1.807) is 0 Å². The first-order valence-electron chi connectivity index (χ1n) is 32.2. The second-order valence-electron chi connectivity index (χ2n) is 28.0. The summed E-state index contributed by atoms with van der Waals surface area (Å²) in [7, 11) is 0. The van der Waals surface area contributed by atoms with Crippen LogP contribution in [0.4, 0.5) is 34.1 Å². The van der Waals surface area contributed by atoms with Crippen molar-refractivity contribution in [1.29, 1.82) is 0 Å². The smallest absolute Gasteiger partial charge is 0.137 e. The number of hydrogen-bond donors (Lipinski definition) is 0. The summed E-state index contributed by atoms with van der Waals surface area (Å²) in [4.78, 5) is 6.16. The summed E-state index contributed by atoms with van der Waals surface area (Å²) in [5, 5.41) is 15.7. The van der Waals surface area contributed by atoms with Crippen LogP contribution in [-0.2, 0) is 16.2 Å². The second kappa shape index (κ2) is 18.1. The highest BCUT2D eigenvalue weighted by Crippen LogP contribution is 2.55. The monoisotopic (exact) mass is 1200 g/mol. The number of nitrogens with zero attached hydrogens (tertiary/aromatic N) is 3. The zero-order chi connectivity index (χ0) is 61.4. The summed E-state index contributed by atoms with van der Waals surface area (Å²) in [5.74, 6) is 0. The van der Waals surface area contributed by atoms with Crippen LogP contribution in [-0.4, -0.2) is 4.40 Å². The van der Waals surface area contributed by atoms with E-state index in [2.05, 4.69) is 305 Å². The molecule has 92 heavy (non-hydrogen) atoms. The molecular weight excluding hydrogens is 1140 g/mol. The molecule has 20 rings (SSSR count). The Bertz CT molecular complexity index is 6270. The molecule has 13 aromatic carbocycles. The summed E-state index contributed by atoms with van der Waals surface area (Å²) in [6.45, 7) is 16.5. The average Bonchev–Trinajstić information content (AvgIpc) is 1.53. The molecular formula is C86H61N3O2S. The molecule has 0 unspecified atom stereocenters. The minimum Gasteiger partial charge on any atom is -0.456 e. The topological polar surface area (TPSA) is 37.2 Å². The van der Waals surface area contributed by atoms with E-state index in [9.17, 15) is 0 Å². The maximum atomic E-state index is 6.83. The van der Waals surface area contributed by atoms with Crippen molar-refractivity contribution >= 4 is 158 Å². The van der Waals surface area contributed by atoms with Gasteiger partial charge in [0.15, 0.2) is 0 Å². The van der Waals surface area contributed by atoms with Crippen LogP contribution >= 0.6 is 11.3 Å². The molecule has 2 aliphatic carbocycles. The first-order chi connectivity index (χ1) is 44.7. The number of anilines is 6. The molecule has 6 heteroatoms. The standard InChI is InChI=1S/C86H61N3O2S/c1-84(2,3)50-40-67-66-42-51(87(52-26-32-61-59-20-12-14-22-69(59)85(4,5)71(61)43-52)54-28-34-63-76(45-54)90-74-38-24-48-16-8-10-18-57(48)79(63)74)31-37-73(66)89-82(67)68(41-50)81-65-36-30-56(47-78(65)92-83(81)89)88(53-27-33-62-60-21-13-15-23-70(60)86(6,7)72(62)44-53)55-29-35-64-77(46-55)91-75-39-25-49-17-9-11-19-58(49)80(64)75/h8-47H,1-7H3. The first kappa shape index (κ1) is 52.1. The third-order valence-electron chi connectivity index (χ3n) is 21.2. The van der Waals surface area contributed by atoms with Crippen LogP contribution in [0, 0.1) is 0 Å². The molecule has 0 spiro atoms. The molecule has 0 aliphatic heterocycles. The Balaban J connectivity index is 0.784. The quantitative estimate of drug-likeness (QED) is 0.166. The number of benzene rings is 13. The predicted octanol–water partition coefficient (Wildman–Crippen LogP) is 25.0. The van der Waals surface area contributed by atoms with Gasteiger partial charge < -0.3 is 18.6 Å². The lowest BCUT2D eigenvalue weighted by Gasteiger charge is -2.28. The van der Waals surface area contributed by atoms with E-state index in [4.69, 9.17) is 8.83 Å². The predicted molar refractivity (Wildman–Crippen MR) is 389 cm³/mol. The van der Waals surface area contributed by atoms with Crippen molar-refractivity contribution < 1.29 is 8.83 Å². The largest absolute Gasteiger partial charge is 0.456 e. The molecule has 5 heterocycles. The highest BCUT2D eigenvalue weighted by molar-refractivity contribution is 7.25. The number of rotatable bonds is 6. The molecule has 438 valence electrons. The van der Waals surface area contributed by atoms with Crippen molar-refractivity contribution in [3.63, 3.8) is 0 Å². The highest BCUT2D eigenvalue weighted by atomic mass is 32.1. The maximum absolute atomic E-state index is 6.83. The minimum absolute atomic E-state index is 0.118. The van der Waals surface area contributed by atoms with E-state index in [0.29, 0.717) is 0 Å². The van der Waals surface area contributed by atoms with E-state index in [-0.39, 0.29) is 16.2 Å². The normalized spacial score (nSPS) is 14.2. The van der Waals surface area contributed by atoms with Gasteiger partial charge in [0.1, 0.15) is 27.2 Å². The number of aromatic nitrogens is 1. The summed E-state index contributed by atoms with van der Waals surface area (Å²) < 4.78 is 17.5. The van der Waals surface area contributed by atoms with Crippen LogP contribution in [0.15, 0.2) is 251 Å². The van der Waals surface area contributed by atoms with Gasteiger partial charge in [0, 0.05) is 110 Å². The lowest BCUT2D eigenvalue weighted by Crippen LogP contribution is -2.16. The molecule has 5 aromatic heterocycles. The molecule has 0 amide bonds. The van der Waals surface area contributed by atoms with Crippen LogP contribution in [0.5, 0.6) is 0 Å². The molecule has 0 atom stereocenters. The Morgan fingerprint density at radius 3 is 1.37 bits per heavy atom. The molecule has 18 aromatic rings. The van der Waals surface area contributed by atoms with Crippen LogP contribution in [0.1, 0.15) is 76.3 Å². The van der Waals surface area contributed by atoms with Gasteiger partial charge in [-0.15, -0.1) is 11.3 Å². The van der Waals surface area contributed by atoms with Gasteiger partial charge in [0.2, 0.25) is 0 Å². The van der Waals surface area contributed by atoms with Gasteiger partial charge >= 0.3 is 0 Å². The second-order valence-corrected chi connectivity index (χ2v) is 29.1. The molecule has 5 nitrogen and oxygen atoms in total. The van der Waals surface area contributed by atoms with Crippen LogP contribution in [0.3, 0.4) is 0 Å². The molecule has 0 N–H and O–H groups in total. The maximum Gasteiger partial charge on any atom is 0.137 e. The van der Waals surface area contributed by atoms with Crippen molar-refractivity contribution in [3.8, 4) is 22.3 Å².